The summed E-state index contributed by atoms with van der Waals surface area (Å²) in [7, 11) is 5.90. The van der Waals surface area contributed by atoms with E-state index in [1.54, 1.807) is 0 Å². The van der Waals surface area contributed by atoms with Gasteiger partial charge in [-0.2, -0.15) is 0 Å². The number of allylic oxidation sites excluding steroid dienone is 4. The summed E-state index contributed by atoms with van der Waals surface area (Å²) >= 11 is 7.13. The highest BCUT2D eigenvalue weighted by atomic mass is 79.9. The third kappa shape index (κ3) is 10.2. The lowest BCUT2D eigenvalue weighted by molar-refractivity contribution is 0.00578. The maximum absolute atomic E-state index is 6.12. The Bertz CT molecular complexity index is 4740. The molecule has 4 aliphatic rings. The van der Waals surface area contributed by atoms with Gasteiger partial charge in [0.15, 0.2) is 0 Å². The monoisotopic (exact) mass is 1290 g/mol. The molecule has 1 fully saturated rings. The molecule has 442 valence electrons. The van der Waals surface area contributed by atoms with E-state index in [-0.39, 0.29) is 29.2 Å². The molecule has 9 aromatic carbocycles. The fourth-order valence-corrected chi connectivity index (χ4v) is 14.6. The zero-order chi connectivity index (χ0) is 61.9. The normalized spacial score (nSPS) is 17.8. The zero-order valence-corrected chi connectivity index (χ0v) is 55.4. The molecule has 12 aromatic rings. The fourth-order valence-electron chi connectivity index (χ4n) is 13.9. The Hall–Kier alpha value is -8.19. The molecule has 3 aliphatic carbocycles. The molecule has 4 heterocycles. The van der Waals surface area contributed by atoms with Crippen molar-refractivity contribution in [2.45, 2.75) is 83.3 Å². The zero-order valence-electron chi connectivity index (χ0n) is 52.3. The van der Waals surface area contributed by atoms with E-state index >= 15 is 0 Å². The van der Waals surface area contributed by atoms with Gasteiger partial charge in [-0.25, -0.2) is 15.0 Å². The highest BCUT2D eigenvalue weighted by Crippen LogP contribution is 2.55. The predicted octanol–water partition coefficient (Wildman–Crippen LogP) is 19.2. The first kappa shape index (κ1) is 58.5. The van der Waals surface area contributed by atoms with Crippen LogP contribution < -0.4 is 5.46 Å². The topological polar surface area (TPSA) is 71.9 Å². The molecule has 0 saturated carbocycles. The number of para-hydroxylation sites is 6. The average molecular weight is 1300 g/mol. The van der Waals surface area contributed by atoms with E-state index in [9.17, 15) is 0 Å². The first-order chi connectivity index (χ1) is 42.6. The van der Waals surface area contributed by atoms with Crippen molar-refractivity contribution in [2.75, 3.05) is 0 Å². The van der Waals surface area contributed by atoms with Crippen LogP contribution in [0.2, 0.25) is 0 Å². The van der Waals surface area contributed by atoms with Crippen molar-refractivity contribution < 1.29 is 9.31 Å². The molecule has 0 amide bonds. The average Bonchev–Trinajstić information content (AvgIpc) is 1.63. The predicted molar refractivity (Wildman–Crippen MR) is 375 cm³/mol. The van der Waals surface area contributed by atoms with Crippen LogP contribution in [0.25, 0.3) is 95.1 Å². The van der Waals surface area contributed by atoms with Crippen LogP contribution in [-0.2, 0) is 41.3 Å². The Balaban J connectivity index is 0.000000137. The first-order valence-electron chi connectivity index (χ1n) is 30.7. The SMILES string of the molecule is CC1(C)c2cc(Br)ccc2-c2ccc(Br)cc21.Cn1c(-c2ccc(B3OC(C)(C)C(C)(C)O3)cc2)nc2ccccc21.Cn1c(-c2ccc(C3=CC4C(C=C3)c3ccc(-c5ccc(-c6nc7ccccc7n6C)cc5)cc3C4(C)C)cc2)nc2ccccc21. The summed E-state index contributed by atoms with van der Waals surface area (Å²) in [6.07, 6.45) is 7.27. The Kier molecular flexibility index (Phi) is 14.5. The van der Waals surface area contributed by atoms with Gasteiger partial charge in [-0.05, 0) is 161 Å². The van der Waals surface area contributed by atoms with Gasteiger partial charge in [0.1, 0.15) is 17.5 Å². The van der Waals surface area contributed by atoms with Gasteiger partial charge < -0.3 is 23.0 Å². The molecule has 89 heavy (non-hydrogen) atoms. The lowest BCUT2D eigenvalue weighted by Gasteiger charge is -2.32. The van der Waals surface area contributed by atoms with Crippen molar-refractivity contribution in [1.29, 1.82) is 0 Å². The van der Waals surface area contributed by atoms with Crippen LogP contribution in [0.15, 0.2) is 227 Å². The van der Waals surface area contributed by atoms with Gasteiger partial charge in [-0.1, -0.05) is 217 Å². The Labute approximate surface area is 539 Å². The second-order valence-electron chi connectivity index (χ2n) is 26.4. The van der Waals surface area contributed by atoms with Crippen LogP contribution in [0, 0.1) is 5.92 Å². The molecule has 11 heteroatoms. The van der Waals surface area contributed by atoms with Crippen LogP contribution in [0.4, 0.5) is 0 Å². The largest absolute Gasteiger partial charge is 0.494 e. The number of aromatic nitrogens is 6. The summed E-state index contributed by atoms with van der Waals surface area (Å²) in [6, 6.07) is 71.1. The molecular weight excluding hydrogens is 1220 g/mol. The summed E-state index contributed by atoms with van der Waals surface area (Å²) in [5.74, 6) is 3.73. The third-order valence-electron chi connectivity index (χ3n) is 19.8. The molecule has 3 aromatic heterocycles. The number of hydrogen-bond donors (Lipinski definition) is 0. The Morgan fingerprint density at radius 3 is 1.28 bits per heavy atom. The number of hydrogen-bond acceptors (Lipinski definition) is 5. The number of nitrogens with zero attached hydrogens (tertiary/aromatic N) is 6. The summed E-state index contributed by atoms with van der Waals surface area (Å²) in [5, 5.41) is 0. The Morgan fingerprint density at radius 1 is 0.427 bits per heavy atom. The lowest BCUT2D eigenvalue weighted by Crippen LogP contribution is -2.41. The van der Waals surface area contributed by atoms with Gasteiger partial charge >= 0.3 is 7.12 Å². The summed E-state index contributed by atoms with van der Waals surface area (Å²) in [5.41, 5.74) is 23.8. The minimum absolute atomic E-state index is 0.00599. The van der Waals surface area contributed by atoms with Crippen molar-refractivity contribution in [3.63, 3.8) is 0 Å². The van der Waals surface area contributed by atoms with Gasteiger partial charge in [0.25, 0.3) is 0 Å². The van der Waals surface area contributed by atoms with Crippen molar-refractivity contribution in [2.24, 2.45) is 27.1 Å². The number of imidazole rings is 3. The molecule has 1 aliphatic heterocycles. The van der Waals surface area contributed by atoms with Crippen molar-refractivity contribution in [1.82, 2.24) is 28.7 Å². The smallest absolute Gasteiger partial charge is 0.399 e. The molecule has 0 N–H and O–H groups in total. The number of halogens is 2. The van der Waals surface area contributed by atoms with E-state index in [4.69, 9.17) is 24.3 Å². The van der Waals surface area contributed by atoms with Crippen LogP contribution >= 0.6 is 31.9 Å². The van der Waals surface area contributed by atoms with E-state index in [0.717, 1.165) is 81.7 Å². The van der Waals surface area contributed by atoms with Crippen molar-refractivity contribution in [3.05, 3.63) is 255 Å². The molecule has 0 radical (unpaired) electrons. The highest BCUT2D eigenvalue weighted by Gasteiger charge is 2.52. The van der Waals surface area contributed by atoms with E-state index in [0.29, 0.717) is 11.8 Å². The molecule has 16 rings (SSSR count). The molecule has 2 unspecified atom stereocenters. The minimum Gasteiger partial charge on any atom is -0.399 e. The van der Waals surface area contributed by atoms with Crippen LogP contribution in [0.5, 0.6) is 0 Å². The molecule has 0 bridgehead atoms. The van der Waals surface area contributed by atoms with Crippen LogP contribution in [-0.4, -0.2) is 47.0 Å². The standard InChI is InChI=1S/C43H36N4.C20H23BN2O2.C15H12Br2/c1-43(2)35-25-31(27-13-17-29(18-14-27)41-44-37-9-5-7-11-39(37)46(41)3)21-23-33(35)34-24-22-32(26-36(34)43)28-15-19-30(20-16-28)42-45-38-10-6-8-12-40(38)47(42)4;1-19(2)20(3,4)25-21(24-19)15-12-10-14(11-13-15)18-22-16-8-6-7-9-17(16)23(18)5;1-15(2)13-7-9(16)3-5-11(13)12-6-4-10(17)8-14(12)15/h5-26,33,35H,1-4H3;6-13H,1-5H3;3-8H,1-2H3. The van der Waals surface area contributed by atoms with E-state index in [2.05, 4.69) is 303 Å². The summed E-state index contributed by atoms with van der Waals surface area (Å²) in [6.45, 7) is 17.7. The number of aryl methyl sites for hydroxylation is 3. The van der Waals surface area contributed by atoms with Gasteiger partial charge in [0, 0.05) is 58.1 Å². The molecule has 1 saturated heterocycles. The molecule has 2 atom stereocenters. The highest BCUT2D eigenvalue weighted by molar-refractivity contribution is 9.10. The maximum atomic E-state index is 6.12. The van der Waals surface area contributed by atoms with E-state index in [1.165, 1.54) is 55.6 Å². The molecule has 8 nitrogen and oxygen atoms in total. The number of rotatable bonds is 6. The van der Waals surface area contributed by atoms with E-state index < -0.39 is 0 Å². The van der Waals surface area contributed by atoms with E-state index in [1.807, 2.05) is 37.4 Å². The van der Waals surface area contributed by atoms with Crippen LogP contribution in [0.3, 0.4) is 0 Å². The summed E-state index contributed by atoms with van der Waals surface area (Å²) < 4.78 is 21.0. The second kappa shape index (κ2) is 22.1. The third-order valence-corrected chi connectivity index (χ3v) is 20.8. The van der Waals surface area contributed by atoms with Gasteiger partial charge in [-0.15, -0.1) is 0 Å². The number of fused-ring (bicyclic) bond motifs is 9. The van der Waals surface area contributed by atoms with Gasteiger partial charge in [0.05, 0.1) is 44.3 Å². The lowest BCUT2D eigenvalue weighted by atomic mass is 9.72. The van der Waals surface area contributed by atoms with Crippen molar-refractivity contribution in [3.8, 4) is 56.4 Å². The fraction of sp³-hybridized carbons (Fsp3) is 0.218. The van der Waals surface area contributed by atoms with Gasteiger partial charge in [-0.3, -0.25) is 0 Å². The quantitative estimate of drug-likeness (QED) is 0.155. The Morgan fingerprint density at radius 2 is 0.831 bits per heavy atom. The molecule has 0 spiro atoms. The molecular formula is C78H71BBr2N6O2. The van der Waals surface area contributed by atoms with Crippen LogP contribution in [0.1, 0.15) is 89.1 Å². The number of benzene rings is 9. The van der Waals surface area contributed by atoms with Gasteiger partial charge in [0.2, 0.25) is 0 Å². The first-order valence-corrected chi connectivity index (χ1v) is 32.3. The minimum atomic E-state index is -0.334. The maximum Gasteiger partial charge on any atom is 0.494 e. The van der Waals surface area contributed by atoms with Crippen molar-refractivity contribution >= 4 is 83.1 Å². The summed E-state index contributed by atoms with van der Waals surface area (Å²) in [4.78, 5) is 14.6. The second-order valence-corrected chi connectivity index (χ2v) is 28.2.